The van der Waals surface area contributed by atoms with Gasteiger partial charge in [0.2, 0.25) is 0 Å². The highest BCUT2D eigenvalue weighted by Gasteiger charge is 2.17. The first-order valence-corrected chi connectivity index (χ1v) is 11.5. The van der Waals surface area contributed by atoms with Gasteiger partial charge in [-0.2, -0.15) is 0 Å². The average Bonchev–Trinajstić information content (AvgIpc) is 2.87. The molecule has 1 aliphatic heterocycles. The molecule has 1 aliphatic carbocycles. The van der Waals surface area contributed by atoms with E-state index in [1.807, 2.05) is 13.8 Å². The highest BCUT2D eigenvalue weighted by Crippen LogP contribution is 2.21. The second-order valence-corrected chi connectivity index (χ2v) is 9.44. The molecule has 0 amide bonds. The number of nitrogens with zero attached hydrogens (tertiary/aromatic N) is 1. The molecule has 3 heteroatoms. The summed E-state index contributed by atoms with van der Waals surface area (Å²) in [5.41, 5.74) is 2.42. The van der Waals surface area contributed by atoms with Crippen LogP contribution in [-0.4, -0.2) is 49.8 Å². The van der Waals surface area contributed by atoms with Gasteiger partial charge in [0.1, 0.15) is 0 Å². The van der Waals surface area contributed by atoms with Crippen molar-refractivity contribution >= 4 is 0 Å². The van der Waals surface area contributed by atoms with Gasteiger partial charge in [0.05, 0.1) is 13.2 Å². The van der Waals surface area contributed by atoms with Crippen LogP contribution < -0.4 is 5.32 Å². The second kappa shape index (κ2) is 16.2. The Balaban J connectivity index is 0.000000502. The Morgan fingerprint density at radius 3 is 1.96 bits per heavy atom. The summed E-state index contributed by atoms with van der Waals surface area (Å²) >= 11 is 0. The zero-order valence-electron chi connectivity index (χ0n) is 20.0. The monoisotopic (exact) mass is 394 g/mol. The van der Waals surface area contributed by atoms with Crippen molar-refractivity contribution in [2.24, 2.45) is 5.92 Å². The van der Waals surface area contributed by atoms with E-state index in [0.29, 0.717) is 0 Å². The zero-order valence-corrected chi connectivity index (χ0v) is 20.0. The summed E-state index contributed by atoms with van der Waals surface area (Å²) in [4.78, 5) is 2.47. The molecular weight excluding hydrogens is 344 g/mol. The van der Waals surface area contributed by atoms with Gasteiger partial charge in [0.25, 0.3) is 0 Å². The van der Waals surface area contributed by atoms with Crippen molar-refractivity contribution in [2.45, 2.75) is 92.0 Å². The molecule has 1 saturated heterocycles. The summed E-state index contributed by atoms with van der Waals surface area (Å²) in [6.45, 7) is 26.5. The van der Waals surface area contributed by atoms with Gasteiger partial charge in [-0.15, -0.1) is 6.58 Å². The summed E-state index contributed by atoms with van der Waals surface area (Å²) in [5.74, 6) is 1.03. The minimum atomic E-state index is 0.0605. The normalized spacial score (nSPS) is 18.8. The van der Waals surface area contributed by atoms with Gasteiger partial charge in [0, 0.05) is 18.6 Å². The Labute approximate surface area is 177 Å². The molecule has 2 aliphatic rings. The van der Waals surface area contributed by atoms with Gasteiger partial charge in [-0.3, -0.25) is 4.90 Å². The fraction of sp³-hybridized carbons (Fsp3) is 0.840. The van der Waals surface area contributed by atoms with Gasteiger partial charge in [0.15, 0.2) is 0 Å². The minimum Gasteiger partial charge on any atom is -0.379 e. The third kappa shape index (κ3) is 16.3. The first kappa shape index (κ1) is 27.4. The predicted octanol–water partition coefficient (Wildman–Crippen LogP) is 6.21. The van der Waals surface area contributed by atoms with Crippen LogP contribution in [0, 0.1) is 5.92 Å². The van der Waals surface area contributed by atoms with E-state index in [4.69, 9.17) is 4.74 Å². The maximum absolute atomic E-state index is 5.32. The van der Waals surface area contributed by atoms with Crippen molar-refractivity contribution < 1.29 is 4.74 Å². The van der Waals surface area contributed by atoms with Gasteiger partial charge in [-0.1, -0.05) is 63.2 Å². The number of nitrogens with one attached hydrogen (secondary N) is 1. The molecule has 1 N–H and O–H groups in total. The van der Waals surface area contributed by atoms with Crippen LogP contribution in [0.2, 0.25) is 0 Å². The van der Waals surface area contributed by atoms with E-state index in [1.54, 1.807) is 0 Å². The molecule has 1 heterocycles. The van der Waals surface area contributed by atoms with Crippen molar-refractivity contribution in [3.05, 3.63) is 24.3 Å². The largest absolute Gasteiger partial charge is 0.379 e. The van der Waals surface area contributed by atoms with E-state index >= 15 is 0 Å². The number of morpholine rings is 1. The van der Waals surface area contributed by atoms with Crippen LogP contribution in [0.4, 0.5) is 0 Å². The summed E-state index contributed by atoms with van der Waals surface area (Å²) in [5, 5.41) is 3.54. The van der Waals surface area contributed by atoms with E-state index in [9.17, 15) is 0 Å². The van der Waals surface area contributed by atoms with Gasteiger partial charge in [-0.25, -0.2) is 0 Å². The molecule has 1 saturated carbocycles. The van der Waals surface area contributed by atoms with Crippen molar-refractivity contribution in [3.8, 4) is 0 Å². The lowest BCUT2D eigenvalue weighted by Gasteiger charge is -2.29. The fourth-order valence-corrected chi connectivity index (χ4v) is 3.16. The Morgan fingerprint density at radius 2 is 1.50 bits per heavy atom. The fourth-order valence-electron chi connectivity index (χ4n) is 3.16. The van der Waals surface area contributed by atoms with Crippen LogP contribution in [0.3, 0.4) is 0 Å². The average molecular weight is 395 g/mol. The molecule has 0 spiro atoms. The number of rotatable bonds is 6. The lowest BCUT2D eigenvalue weighted by atomic mass is 9.97. The van der Waals surface area contributed by atoms with Gasteiger partial charge < -0.3 is 10.1 Å². The molecule has 0 aromatic heterocycles. The number of hydrogen-bond donors (Lipinski definition) is 1. The molecule has 0 unspecified atom stereocenters. The Bertz CT molecular complexity index is 399. The summed E-state index contributed by atoms with van der Waals surface area (Å²) in [7, 11) is 0. The van der Waals surface area contributed by atoms with Crippen molar-refractivity contribution in [1.82, 2.24) is 10.2 Å². The van der Waals surface area contributed by atoms with E-state index in [1.165, 1.54) is 62.6 Å². The number of hydrogen-bond acceptors (Lipinski definition) is 3. The lowest BCUT2D eigenvalue weighted by Crippen LogP contribution is -2.42. The standard InChI is InChI=1S/C13H26N2O.C8H16.C4H8/c1-12(2)13(3,4)14-6-5-7-15-8-10-16-11-9-15;1-8-6-4-2-3-5-7-8;1-4(2)3/h14H,1,5-11H2,2-4H3;8H,2-7H2,1H3;1H2,2-3H3. The Kier molecular flexibility index (Phi) is 15.8. The summed E-state index contributed by atoms with van der Waals surface area (Å²) < 4.78 is 5.32. The van der Waals surface area contributed by atoms with Crippen molar-refractivity contribution in [2.75, 3.05) is 39.4 Å². The van der Waals surface area contributed by atoms with E-state index in [-0.39, 0.29) is 5.54 Å². The van der Waals surface area contributed by atoms with Crippen LogP contribution in [0.5, 0.6) is 0 Å². The third-order valence-corrected chi connectivity index (χ3v) is 5.53. The van der Waals surface area contributed by atoms with E-state index in [0.717, 1.165) is 38.8 Å². The van der Waals surface area contributed by atoms with Crippen LogP contribution >= 0.6 is 0 Å². The van der Waals surface area contributed by atoms with E-state index in [2.05, 4.69) is 51.1 Å². The molecule has 0 aromatic rings. The molecule has 166 valence electrons. The molecule has 0 radical (unpaired) electrons. The number of allylic oxidation sites excluding steroid dienone is 1. The maximum atomic E-state index is 5.32. The quantitative estimate of drug-likeness (QED) is 0.329. The van der Waals surface area contributed by atoms with E-state index < -0.39 is 0 Å². The second-order valence-electron chi connectivity index (χ2n) is 9.44. The highest BCUT2D eigenvalue weighted by molar-refractivity contribution is 5.09. The summed E-state index contributed by atoms with van der Waals surface area (Å²) in [6.07, 6.45) is 10.1. The van der Waals surface area contributed by atoms with Gasteiger partial charge >= 0.3 is 0 Å². The highest BCUT2D eigenvalue weighted by atomic mass is 16.5. The molecule has 2 fully saturated rings. The Hall–Kier alpha value is -0.640. The topological polar surface area (TPSA) is 24.5 Å². The lowest BCUT2D eigenvalue weighted by molar-refractivity contribution is 0.0373. The molecule has 3 nitrogen and oxygen atoms in total. The van der Waals surface area contributed by atoms with Crippen LogP contribution in [0.25, 0.3) is 0 Å². The number of ether oxygens (including phenoxy) is 1. The van der Waals surface area contributed by atoms with Crippen molar-refractivity contribution in [3.63, 3.8) is 0 Å². The first-order chi connectivity index (χ1) is 13.1. The van der Waals surface area contributed by atoms with Crippen LogP contribution in [-0.2, 0) is 4.74 Å². The van der Waals surface area contributed by atoms with Crippen LogP contribution in [0.15, 0.2) is 24.3 Å². The first-order valence-electron chi connectivity index (χ1n) is 11.5. The maximum Gasteiger partial charge on any atom is 0.0594 e. The third-order valence-electron chi connectivity index (χ3n) is 5.53. The SMILES string of the molecule is C=C(C)C.C=C(C)C(C)(C)NCCCN1CCOCC1.CC1CCCCCC1. The summed E-state index contributed by atoms with van der Waals surface area (Å²) in [6, 6.07) is 0. The molecule has 0 aromatic carbocycles. The molecule has 2 rings (SSSR count). The Morgan fingerprint density at radius 1 is 1.00 bits per heavy atom. The zero-order chi connectivity index (χ0) is 21.4. The molecule has 0 atom stereocenters. The van der Waals surface area contributed by atoms with Gasteiger partial charge in [-0.05, 0) is 60.0 Å². The minimum absolute atomic E-state index is 0.0605. The predicted molar refractivity (Wildman–Crippen MR) is 126 cm³/mol. The smallest absolute Gasteiger partial charge is 0.0594 e. The van der Waals surface area contributed by atoms with Crippen molar-refractivity contribution in [1.29, 1.82) is 0 Å². The molecule has 28 heavy (non-hydrogen) atoms. The molecule has 0 bridgehead atoms. The van der Waals surface area contributed by atoms with Crippen LogP contribution in [0.1, 0.15) is 86.5 Å². The molecular formula is C25H50N2O.